The van der Waals surface area contributed by atoms with Crippen LogP contribution in [0.25, 0.3) is 0 Å². The SMILES string of the molecule is CCC(=O)O[C@]1(C(=O)CO)CCC2C3CCC4=CC(=O)CC[C@]4(C)C3C(O)C[C@@]21C. The summed E-state index contributed by atoms with van der Waals surface area (Å²) in [5, 5.41) is 21.2. The van der Waals surface area contributed by atoms with Crippen LogP contribution in [-0.2, 0) is 19.1 Å². The second kappa shape index (κ2) is 7.27. The van der Waals surface area contributed by atoms with Gasteiger partial charge in [-0.3, -0.25) is 14.4 Å². The van der Waals surface area contributed by atoms with Gasteiger partial charge in [-0.2, -0.15) is 0 Å². The van der Waals surface area contributed by atoms with Gasteiger partial charge in [0.2, 0.25) is 5.78 Å². The zero-order valence-electron chi connectivity index (χ0n) is 18.3. The number of hydrogen-bond donors (Lipinski definition) is 2. The summed E-state index contributed by atoms with van der Waals surface area (Å²) >= 11 is 0. The molecule has 0 aliphatic heterocycles. The van der Waals surface area contributed by atoms with Crippen molar-refractivity contribution in [3.63, 3.8) is 0 Å². The number of Topliss-reactive ketones (excluding diaryl/α,β-unsaturated/α-hetero) is 1. The van der Waals surface area contributed by atoms with E-state index >= 15 is 0 Å². The van der Waals surface area contributed by atoms with E-state index in [1.54, 1.807) is 13.0 Å². The molecule has 6 heteroatoms. The fourth-order valence-corrected chi connectivity index (χ4v) is 7.75. The number of ketones is 2. The number of esters is 1. The van der Waals surface area contributed by atoms with Gasteiger partial charge >= 0.3 is 5.97 Å². The number of aliphatic hydroxyl groups excluding tert-OH is 2. The highest BCUT2D eigenvalue weighted by Gasteiger charge is 2.70. The summed E-state index contributed by atoms with van der Waals surface area (Å²) in [6, 6.07) is 0. The van der Waals surface area contributed by atoms with E-state index in [1.807, 2.05) is 6.92 Å². The number of aliphatic hydroxyl groups is 2. The maximum absolute atomic E-state index is 13.0. The van der Waals surface area contributed by atoms with E-state index in [0.29, 0.717) is 19.3 Å². The third-order valence-electron chi connectivity index (χ3n) is 9.19. The van der Waals surface area contributed by atoms with Gasteiger partial charge in [-0.15, -0.1) is 0 Å². The Bertz CT molecular complexity index is 802. The summed E-state index contributed by atoms with van der Waals surface area (Å²) in [4.78, 5) is 37.3. The summed E-state index contributed by atoms with van der Waals surface area (Å²) in [6.07, 6.45) is 5.77. The quantitative estimate of drug-likeness (QED) is 0.681. The lowest BCUT2D eigenvalue weighted by atomic mass is 9.45. The van der Waals surface area contributed by atoms with Crippen LogP contribution in [0.2, 0.25) is 0 Å². The molecular formula is C24H34O6. The zero-order chi connectivity index (χ0) is 21.9. The fourth-order valence-electron chi connectivity index (χ4n) is 7.75. The summed E-state index contributed by atoms with van der Waals surface area (Å²) in [6.45, 7) is 5.18. The zero-order valence-corrected chi connectivity index (χ0v) is 18.3. The lowest BCUT2D eigenvalue weighted by Crippen LogP contribution is -2.63. The van der Waals surface area contributed by atoms with E-state index in [2.05, 4.69) is 6.92 Å². The van der Waals surface area contributed by atoms with Crippen molar-refractivity contribution in [2.24, 2.45) is 28.6 Å². The van der Waals surface area contributed by atoms with Crippen molar-refractivity contribution in [3.05, 3.63) is 11.6 Å². The summed E-state index contributed by atoms with van der Waals surface area (Å²) in [5.74, 6) is -0.362. The molecular weight excluding hydrogens is 384 g/mol. The van der Waals surface area contributed by atoms with Gasteiger partial charge in [0.1, 0.15) is 6.61 Å². The highest BCUT2D eigenvalue weighted by atomic mass is 16.6. The van der Waals surface area contributed by atoms with Gasteiger partial charge < -0.3 is 14.9 Å². The van der Waals surface area contributed by atoms with Crippen molar-refractivity contribution in [1.82, 2.24) is 0 Å². The maximum atomic E-state index is 13.0. The van der Waals surface area contributed by atoms with Crippen molar-refractivity contribution >= 4 is 17.5 Å². The van der Waals surface area contributed by atoms with Gasteiger partial charge in [0, 0.05) is 18.3 Å². The summed E-state index contributed by atoms with van der Waals surface area (Å²) < 4.78 is 5.83. The molecule has 0 spiro atoms. The molecule has 4 unspecified atom stereocenters. The third-order valence-corrected chi connectivity index (χ3v) is 9.19. The predicted octanol–water partition coefficient (Wildman–Crippen LogP) is 2.74. The molecule has 0 saturated heterocycles. The van der Waals surface area contributed by atoms with Crippen LogP contribution in [0.3, 0.4) is 0 Å². The summed E-state index contributed by atoms with van der Waals surface area (Å²) in [7, 11) is 0. The minimum Gasteiger partial charge on any atom is -0.450 e. The molecule has 4 aliphatic carbocycles. The average Bonchev–Trinajstić information content (AvgIpc) is 3.00. The van der Waals surface area contributed by atoms with Gasteiger partial charge in [0.25, 0.3) is 0 Å². The van der Waals surface area contributed by atoms with Gasteiger partial charge in [-0.1, -0.05) is 26.3 Å². The van der Waals surface area contributed by atoms with E-state index in [-0.39, 0.29) is 35.4 Å². The van der Waals surface area contributed by atoms with E-state index < -0.39 is 35.5 Å². The molecule has 4 rings (SSSR count). The van der Waals surface area contributed by atoms with E-state index in [1.165, 1.54) is 0 Å². The molecule has 3 saturated carbocycles. The van der Waals surface area contributed by atoms with E-state index in [0.717, 1.165) is 31.3 Å². The number of allylic oxidation sites excluding steroid dienone is 1. The minimum absolute atomic E-state index is 0.0329. The minimum atomic E-state index is -1.37. The van der Waals surface area contributed by atoms with E-state index in [9.17, 15) is 24.6 Å². The van der Waals surface area contributed by atoms with Gasteiger partial charge in [0.05, 0.1) is 6.10 Å². The Balaban J connectivity index is 1.75. The Kier molecular flexibility index (Phi) is 5.25. The number of fused-ring (bicyclic) bond motifs is 5. The standard InChI is InChI=1S/C24H34O6/c1-4-20(29)30-24(19(28)13-25)10-8-17-16-6-5-14-11-15(26)7-9-22(14,2)21(16)18(27)12-23(17,24)3/h11,16-18,21,25,27H,4-10,12-13H2,1-3H3/t16?,17?,18?,21?,22-,23-,24-/m0/s1. The number of ether oxygens (including phenoxy) is 1. The average molecular weight is 419 g/mol. The molecule has 0 radical (unpaired) electrons. The molecule has 2 N–H and O–H groups in total. The van der Waals surface area contributed by atoms with Gasteiger partial charge in [-0.25, -0.2) is 0 Å². The Morgan fingerprint density at radius 3 is 2.60 bits per heavy atom. The molecule has 0 aromatic rings. The first-order valence-electron chi connectivity index (χ1n) is 11.4. The Labute approximate surface area is 178 Å². The topological polar surface area (TPSA) is 101 Å². The fraction of sp³-hybridized carbons (Fsp3) is 0.792. The predicted molar refractivity (Wildman–Crippen MR) is 109 cm³/mol. The number of rotatable bonds is 4. The molecule has 7 atom stereocenters. The molecule has 6 nitrogen and oxygen atoms in total. The number of hydrogen-bond acceptors (Lipinski definition) is 6. The van der Waals surface area contributed by atoms with Crippen LogP contribution in [0, 0.1) is 28.6 Å². The Hall–Kier alpha value is -1.53. The highest BCUT2D eigenvalue weighted by molar-refractivity contribution is 5.92. The van der Waals surface area contributed by atoms with Gasteiger partial charge in [-0.05, 0) is 67.8 Å². The van der Waals surface area contributed by atoms with Crippen LogP contribution in [-0.4, -0.2) is 46.1 Å². The van der Waals surface area contributed by atoms with Crippen molar-refractivity contribution < 1.29 is 29.3 Å². The monoisotopic (exact) mass is 418 g/mol. The molecule has 166 valence electrons. The second-order valence-corrected chi connectivity index (χ2v) is 10.4. The van der Waals surface area contributed by atoms with Crippen LogP contribution in [0.5, 0.6) is 0 Å². The van der Waals surface area contributed by atoms with E-state index in [4.69, 9.17) is 4.74 Å². The van der Waals surface area contributed by atoms with Crippen molar-refractivity contribution in [2.75, 3.05) is 6.61 Å². The molecule has 3 fully saturated rings. The largest absolute Gasteiger partial charge is 0.450 e. The first kappa shape index (κ1) is 21.7. The second-order valence-electron chi connectivity index (χ2n) is 10.4. The Morgan fingerprint density at radius 1 is 1.20 bits per heavy atom. The normalized spacial score (nSPS) is 45.1. The maximum Gasteiger partial charge on any atom is 0.306 e. The lowest BCUT2D eigenvalue weighted by Gasteiger charge is -2.60. The van der Waals surface area contributed by atoms with Crippen LogP contribution < -0.4 is 0 Å². The number of carbonyl (C=O) groups is 3. The molecule has 0 amide bonds. The van der Waals surface area contributed by atoms with Crippen LogP contribution in [0.4, 0.5) is 0 Å². The third kappa shape index (κ3) is 2.79. The van der Waals surface area contributed by atoms with Crippen LogP contribution in [0.1, 0.15) is 72.1 Å². The smallest absolute Gasteiger partial charge is 0.306 e. The molecule has 0 bridgehead atoms. The molecule has 30 heavy (non-hydrogen) atoms. The van der Waals surface area contributed by atoms with Crippen LogP contribution in [0.15, 0.2) is 11.6 Å². The lowest BCUT2D eigenvalue weighted by molar-refractivity contribution is -0.202. The van der Waals surface area contributed by atoms with Crippen molar-refractivity contribution in [3.8, 4) is 0 Å². The first-order chi connectivity index (χ1) is 14.1. The molecule has 0 heterocycles. The van der Waals surface area contributed by atoms with Crippen molar-refractivity contribution in [1.29, 1.82) is 0 Å². The molecule has 4 aliphatic rings. The Morgan fingerprint density at radius 2 is 1.93 bits per heavy atom. The molecule has 0 aromatic heterocycles. The molecule has 0 aromatic carbocycles. The van der Waals surface area contributed by atoms with Gasteiger partial charge in [0.15, 0.2) is 11.4 Å². The first-order valence-corrected chi connectivity index (χ1v) is 11.4. The highest BCUT2D eigenvalue weighted by Crippen LogP contribution is 2.68. The van der Waals surface area contributed by atoms with Crippen molar-refractivity contribution in [2.45, 2.75) is 83.8 Å². The van der Waals surface area contributed by atoms with Crippen LogP contribution >= 0.6 is 0 Å². The number of carbonyl (C=O) groups excluding carboxylic acids is 3. The summed E-state index contributed by atoms with van der Waals surface area (Å²) in [5.41, 5.74) is -1.12.